The van der Waals surface area contributed by atoms with Gasteiger partial charge in [0.1, 0.15) is 11.3 Å². The summed E-state index contributed by atoms with van der Waals surface area (Å²) in [6.07, 6.45) is -0.900. The fourth-order valence-electron chi connectivity index (χ4n) is 3.22. The number of rotatable bonds is 5. The van der Waals surface area contributed by atoms with Crippen molar-refractivity contribution in [1.82, 2.24) is 24.7 Å². The van der Waals surface area contributed by atoms with Crippen LogP contribution in [0, 0.1) is 11.3 Å². The molecule has 0 fully saturated rings. The van der Waals surface area contributed by atoms with E-state index in [0.29, 0.717) is 22.2 Å². The van der Waals surface area contributed by atoms with E-state index < -0.39 is 17.3 Å². The third kappa shape index (κ3) is 4.55. The van der Waals surface area contributed by atoms with Gasteiger partial charge in [-0.3, -0.25) is 4.68 Å². The highest BCUT2D eigenvalue weighted by atomic mass is 19.4. The second-order valence-corrected chi connectivity index (χ2v) is 7.91. The topological polar surface area (TPSA) is 115 Å². The minimum absolute atomic E-state index is 0.0489. The second-order valence-electron chi connectivity index (χ2n) is 7.91. The van der Waals surface area contributed by atoms with E-state index in [9.17, 15) is 18.3 Å². The van der Waals surface area contributed by atoms with E-state index in [2.05, 4.69) is 25.4 Å². The Balaban J connectivity index is 1.72. The summed E-state index contributed by atoms with van der Waals surface area (Å²) in [6.45, 7) is 3.49. The molecule has 0 aliphatic carbocycles. The van der Waals surface area contributed by atoms with E-state index in [4.69, 9.17) is 5.26 Å². The fraction of sp³-hybridized carbons (Fsp3) is 0.238. The predicted molar refractivity (Wildman–Crippen MR) is 111 cm³/mol. The lowest BCUT2D eigenvalue weighted by Gasteiger charge is -2.16. The molecule has 0 saturated carbocycles. The number of aromatic nitrogens is 5. The Bertz CT molecular complexity index is 1330. The van der Waals surface area contributed by atoms with Gasteiger partial charge in [-0.15, -0.1) is 0 Å². The first kappa shape index (κ1) is 21.3. The Morgan fingerprint density at radius 1 is 1.22 bits per heavy atom. The number of benzene rings is 1. The molecular formula is C21H18F3N7O. The van der Waals surface area contributed by atoms with Gasteiger partial charge in [0.25, 0.3) is 0 Å². The number of aliphatic hydroxyl groups is 1. The number of nitrogens with one attached hydrogen (secondary N) is 2. The number of anilines is 2. The van der Waals surface area contributed by atoms with Crippen LogP contribution in [0.1, 0.15) is 25.0 Å². The molecule has 32 heavy (non-hydrogen) atoms. The van der Waals surface area contributed by atoms with Gasteiger partial charge in [-0.2, -0.15) is 23.5 Å². The third-order valence-corrected chi connectivity index (χ3v) is 4.54. The van der Waals surface area contributed by atoms with Gasteiger partial charge in [0.05, 0.1) is 41.4 Å². The zero-order valence-electron chi connectivity index (χ0n) is 17.1. The first-order valence-corrected chi connectivity index (χ1v) is 9.51. The summed E-state index contributed by atoms with van der Waals surface area (Å²) in [7, 11) is 0. The standard InChI is InChI=1S/C21H18F3N7O/c1-20(2,32)11-31-10-14(8-27-31)28-19-26-9-15(21(22,23)24)18(30-19)17-6-13-4-3-12(7-25)5-16(13)29-17/h3-6,8-10,29,32H,11H2,1-2H3,(H,26,28,30). The Hall–Kier alpha value is -3.91. The molecule has 0 aliphatic rings. The maximum atomic E-state index is 13.6. The summed E-state index contributed by atoms with van der Waals surface area (Å²) < 4.78 is 42.4. The average Bonchev–Trinajstić information content (AvgIpc) is 3.31. The molecule has 0 aliphatic heterocycles. The largest absolute Gasteiger partial charge is 0.420 e. The molecule has 0 radical (unpaired) electrons. The lowest BCUT2D eigenvalue weighted by Crippen LogP contribution is -2.26. The van der Waals surface area contributed by atoms with Gasteiger partial charge in [-0.25, -0.2) is 9.97 Å². The normalized spacial score (nSPS) is 12.2. The minimum Gasteiger partial charge on any atom is -0.389 e. The minimum atomic E-state index is -4.67. The molecule has 164 valence electrons. The Morgan fingerprint density at radius 2 is 2.00 bits per heavy atom. The molecule has 4 rings (SSSR count). The van der Waals surface area contributed by atoms with Crippen LogP contribution < -0.4 is 5.32 Å². The van der Waals surface area contributed by atoms with Gasteiger partial charge >= 0.3 is 6.18 Å². The van der Waals surface area contributed by atoms with Crippen molar-refractivity contribution in [2.24, 2.45) is 0 Å². The zero-order valence-corrected chi connectivity index (χ0v) is 17.1. The van der Waals surface area contributed by atoms with Crippen molar-refractivity contribution in [3.8, 4) is 17.5 Å². The lowest BCUT2D eigenvalue weighted by molar-refractivity contribution is -0.137. The van der Waals surface area contributed by atoms with E-state index in [1.807, 2.05) is 6.07 Å². The van der Waals surface area contributed by atoms with Crippen LogP contribution in [0.15, 0.2) is 42.9 Å². The van der Waals surface area contributed by atoms with Crippen LogP contribution in [0.4, 0.5) is 24.8 Å². The maximum absolute atomic E-state index is 13.6. The highest BCUT2D eigenvalue weighted by Crippen LogP contribution is 2.37. The van der Waals surface area contributed by atoms with Gasteiger partial charge in [-0.1, -0.05) is 6.07 Å². The molecule has 0 bridgehead atoms. The van der Waals surface area contributed by atoms with Gasteiger partial charge in [0, 0.05) is 23.3 Å². The van der Waals surface area contributed by atoms with Crippen molar-refractivity contribution in [3.05, 3.63) is 54.0 Å². The van der Waals surface area contributed by atoms with E-state index in [1.165, 1.54) is 10.9 Å². The molecule has 0 amide bonds. The monoisotopic (exact) mass is 441 g/mol. The molecule has 0 saturated heterocycles. The Labute approximate surface area is 180 Å². The fourth-order valence-corrected chi connectivity index (χ4v) is 3.22. The zero-order chi connectivity index (χ0) is 23.1. The van der Waals surface area contributed by atoms with Crippen LogP contribution >= 0.6 is 0 Å². The summed E-state index contributed by atoms with van der Waals surface area (Å²) in [5.41, 5.74) is -0.798. The molecule has 0 spiro atoms. The molecule has 0 atom stereocenters. The van der Waals surface area contributed by atoms with Crippen LogP contribution in [0.3, 0.4) is 0 Å². The smallest absolute Gasteiger partial charge is 0.389 e. The van der Waals surface area contributed by atoms with E-state index in [-0.39, 0.29) is 23.9 Å². The molecule has 1 aromatic carbocycles. The number of halogens is 3. The molecule has 4 aromatic rings. The second kappa shape index (κ2) is 7.65. The maximum Gasteiger partial charge on any atom is 0.420 e. The van der Waals surface area contributed by atoms with Crippen LogP contribution in [0.2, 0.25) is 0 Å². The summed E-state index contributed by atoms with van der Waals surface area (Å²) in [5.74, 6) is -0.0489. The van der Waals surface area contributed by atoms with Crippen molar-refractivity contribution in [2.75, 3.05) is 5.32 Å². The van der Waals surface area contributed by atoms with Crippen LogP contribution in [0.5, 0.6) is 0 Å². The lowest BCUT2D eigenvalue weighted by atomic mass is 10.1. The highest BCUT2D eigenvalue weighted by molar-refractivity contribution is 5.87. The summed E-state index contributed by atoms with van der Waals surface area (Å²) in [6, 6.07) is 8.33. The van der Waals surface area contributed by atoms with E-state index in [0.717, 1.165) is 6.20 Å². The van der Waals surface area contributed by atoms with Crippen molar-refractivity contribution in [1.29, 1.82) is 5.26 Å². The number of H-pyrrole nitrogens is 1. The van der Waals surface area contributed by atoms with Crippen molar-refractivity contribution >= 4 is 22.5 Å². The number of hydrogen-bond donors (Lipinski definition) is 3. The van der Waals surface area contributed by atoms with Crippen LogP contribution in [-0.4, -0.2) is 35.4 Å². The van der Waals surface area contributed by atoms with Crippen molar-refractivity contribution in [2.45, 2.75) is 32.2 Å². The third-order valence-electron chi connectivity index (χ3n) is 4.54. The van der Waals surface area contributed by atoms with Crippen LogP contribution in [-0.2, 0) is 12.7 Å². The number of nitrogens with zero attached hydrogens (tertiary/aromatic N) is 5. The van der Waals surface area contributed by atoms with E-state index >= 15 is 0 Å². The Morgan fingerprint density at radius 3 is 2.69 bits per heavy atom. The molecule has 3 N–H and O–H groups in total. The SMILES string of the molecule is CC(C)(O)Cn1cc(Nc2ncc(C(F)(F)F)c(-c3cc4ccc(C#N)cc4[nH]3)n2)cn1. The molecular weight excluding hydrogens is 423 g/mol. The van der Waals surface area contributed by atoms with Gasteiger partial charge in [-0.05, 0) is 32.0 Å². The van der Waals surface area contributed by atoms with Gasteiger partial charge in [0.15, 0.2) is 0 Å². The molecule has 0 unspecified atom stereocenters. The van der Waals surface area contributed by atoms with E-state index in [1.54, 1.807) is 44.3 Å². The average molecular weight is 441 g/mol. The number of hydrogen-bond acceptors (Lipinski definition) is 6. The van der Waals surface area contributed by atoms with Gasteiger partial charge in [0.2, 0.25) is 5.95 Å². The summed E-state index contributed by atoms with van der Waals surface area (Å²) in [4.78, 5) is 10.8. The van der Waals surface area contributed by atoms with Crippen molar-refractivity contribution < 1.29 is 18.3 Å². The number of aromatic amines is 1. The molecule has 3 heterocycles. The molecule has 3 aromatic heterocycles. The van der Waals surface area contributed by atoms with Crippen molar-refractivity contribution in [3.63, 3.8) is 0 Å². The molecule has 8 nitrogen and oxygen atoms in total. The highest BCUT2D eigenvalue weighted by Gasteiger charge is 2.36. The number of alkyl halides is 3. The first-order valence-electron chi connectivity index (χ1n) is 9.51. The number of fused-ring (bicyclic) bond motifs is 1. The summed E-state index contributed by atoms with van der Waals surface area (Å²) >= 11 is 0. The Kier molecular flexibility index (Phi) is 5.10. The summed E-state index contributed by atoms with van der Waals surface area (Å²) in [5, 5.41) is 26.5. The molecule has 11 heteroatoms. The number of nitriles is 1. The van der Waals surface area contributed by atoms with Crippen LogP contribution in [0.25, 0.3) is 22.3 Å². The first-order chi connectivity index (χ1) is 15.0. The quantitative estimate of drug-likeness (QED) is 0.427. The predicted octanol–water partition coefficient (Wildman–Crippen LogP) is 4.23. The van der Waals surface area contributed by atoms with Gasteiger partial charge < -0.3 is 15.4 Å².